The Hall–Kier alpha value is -1.51. The second-order valence-corrected chi connectivity index (χ2v) is 2.42. The summed E-state index contributed by atoms with van der Waals surface area (Å²) in [6.45, 7) is 6.79. The van der Waals surface area contributed by atoms with Gasteiger partial charge in [-0.05, 0) is 11.5 Å². The first kappa shape index (κ1) is 9.58. The number of nitrogens with zero attached hydrogens (tertiary/aromatic N) is 1. The average Bonchev–Trinajstić information content (AvgIpc) is 2.16. The van der Waals surface area contributed by atoms with Crippen LogP contribution in [0.2, 0.25) is 0 Å². The van der Waals surface area contributed by atoms with Crippen molar-refractivity contribution in [1.29, 1.82) is 0 Å². The standard InChI is InChI=1S/C8H8BNO3/c1-10-7-4-3-6(9(11)12)5-8(7)13-2/h3-5,11-12H,2H3. The SMILES string of the molecule is [C-]#[N+]c1ccc(B(O)O)cc1OC. The minimum absolute atomic E-state index is 0.309. The molecule has 1 rings (SSSR count). The fraction of sp³-hybridized carbons (Fsp3) is 0.125. The maximum Gasteiger partial charge on any atom is 0.488 e. The van der Waals surface area contributed by atoms with E-state index in [4.69, 9.17) is 21.4 Å². The molecule has 0 fully saturated rings. The van der Waals surface area contributed by atoms with Gasteiger partial charge in [0.15, 0.2) is 0 Å². The topological polar surface area (TPSA) is 54.0 Å². The van der Waals surface area contributed by atoms with Gasteiger partial charge in [0.05, 0.1) is 13.7 Å². The predicted octanol–water partition coefficient (Wildman–Crippen LogP) is -0.0742. The molecule has 1 aromatic rings. The van der Waals surface area contributed by atoms with Crippen LogP contribution in [0.5, 0.6) is 5.75 Å². The van der Waals surface area contributed by atoms with E-state index >= 15 is 0 Å². The highest BCUT2D eigenvalue weighted by Crippen LogP contribution is 2.25. The molecule has 0 aliphatic carbocycles. The zero-order valence-electron chi connectivity index (χ0n) is 7.06. The van der Waals surface area contributed by atoms with Gasteiger partial charge >= 0.3 is 7.12 Å². The van der Waals surface area contributed by atoms with Gasteiger partial charge in [-0.2, -0.15) is 0 Å². The van der Waals surface area contributed by atoms with Crippen LogP contribution in [0.25, 0.3) is 4.85 Å². The Bertz CT molecular complexity index is 346. The lowest BCUT2D eigenvalue weighted by Gasteiger charge is -2.05. The van der Waals surface area contributed by atoms with E-state index in [1.165, 1.54) is 25.3 Å². The van der Waals surface area contributed by atoms with Gasteiger partial charge in [0, 0.05) is 0 Å². The van der Waals surface area contributed by atoms with Crippen LogP contribution in [0.15, 0.2) is 18.2 Å². The lowest BCUT2D eigenvalue weighted by atomic mass is 9.80. The second kappa shape index (κ2) is 3.94. The molecule has 0 atom stereocenters. The summed E-state index contributed by atoms with van der Waals surface area (Å²) >= 11 is 0. The van der Waals surface area contributed by atoms with Gasteiger partial charge in [0.1, 0.15) is 5.75 Å². The van der Waals surface area contributed by atoms with Gasteiger partial charge in [-0.15, -0.1) is 0 Å². The van der Waals surface area contributed by atoms with E-state index in [2.05, 4.69) is 4.85 Å². The monoisotopic (exact) mass is 177 g/mol. The predicted molar refractivity (Wildman–Crippen MR) is 49.1 cm³/mol. The van der Waals surface area contributed by atoms with Crippen LogP contribution in [-0.2, 0) is 0 Å². The molecule has 2 N–H and O–H groups in total. The molecular formula is C8H8BNO3. The van der Waals surface area contributed by atoms with Gasteiger partial charge in [-0.1, -0.05) is 12.1 Å². The lowest BCUT2D eigenvalue weighted by Crippen LogP contribution is -2.29. The largest absolute Gasteiger partial charge is 0.508 e. The summed E-state index contributed by atoms with van der Waals surface area (Å²) in [6, 6.07) is 4.39. The third-order valence-corrected chi connectivity index (χ3v) is 1.62. The van der Waals surface area contributed by atoms with Gasteiger partial charge in [-0.25, -0.2) is 4.85 Å². The normalized spacial score (nSPS) is 9.08. The number of methoxy groups -OCH3 is 1. The van der Waals surface area contributed by atoms with Crippen molar-refractivity contribution in [3.05, 3.63) is 29.6 Å². The minimum atomic E-state index is -1.53. The van der Waals surface area contributed by atoms with Gasteiger partial charge in [-0.3, -0.25) is 0 Å². The zero-order valence-corrected chi connectivity index (χ0v) is 7.06. The summed E-state index contributed by atoms with van der Waals surface area (Å²) in [6.07, 6.45) is 0. The summed E-state index contributed by atoms with van der Waals surface area (Å²) in [4.78, 5) is 3.20. The second-order valence-electron chi connectivity index (χ2n) is 2.42. The molecular weight excluding hydrogens is 169 g/mol. The van der Waals surface area contributed by atoms with Crippen LogP contribution in [0, 0.1) is 6.57 Å². The van der Waals surface area contributed by atoms with E-state index in [9.17, 15) is 0 Å². The molecule has 5 heteroatoms. The third kappa shape index (κ3) is 1.99. The van der Waals surface area contributed by atoms with Crippen LogP contribution < -0.4 is 10.2 Å². The van der Waals surface area contributed by atoms with Gasteiger partial charge < -0.3 is 14.8 Å². The van der Waals surface area contributed by atoms with Crippen molar-refractivity contribution >= 4 is 18.3 Å². The van der Waals surface area contributed by atoms with E-state index in [1.54, 1.807) is 0 Å². The quantitative estimate of drug-likeness (QED) is 0.490. The molecule has 0 bridgehead atoms. The Morgan fingerprint density at radius 1 is 1.46 bits per heavy atom. The van der Waals surface area contributed by atoms with Crippen LogP contribution in [0.4, 0.5) is 5.69 Å². The summed E-state index contributed by atoms with van der Waals surface area (Å²) in [5.41, 5.74) is 0.663. The summed E-state index contributed by atoms with van der Waals surface area (Å²) < 4.78 is 4.89. The number of rotatable bonds is 2. The van der Waals surface area contributed by atoms with Gasteiger partial charge in [0.2, 0.25) is 5.69 Å². The highest BCUT2D eigenvalue weighted by molar-refractivity contribution is 6.58. The van der Waals surface area contributed by atoms with Crippen LogP contribution in [0.3, 0.4) is 0 Å². The maximum atomic E-state index is 8.83. The average molecular weight is 177 g/mol. The first-order valence-corrected chi connectivity index (χ1v) is 3.60. The van der Waals surface area contributed by atoms with Crippen LogP contribution in [-0.4, -0.2) is 24.3 Å². The molecule has 0 amide bonds. The molecule has 0 radical (unpaired) electrons. The minimum Gasteiger partial charge on any atom is -0.508 e. The highest BCUT2D eigenvalue weighted by Gasteiger charge is 2.13. The molecule has 13 heavy (non-hydrogen) atoms. The van der Waals surface area contributed by atoms with Crippen molar-refractivity contribution in [3.63, 3.8) is 0 Å². The third-order valence-electron chi connectivity index (χ3n) is 1.62. The van der Waals surface area contributed by atoms with Crippen molar-refractivity contribution in [2.24, 2.45) is 0 Å². The Morgan fingerprint density at radius 2 is 2.15 bits per heavy atom. The van der Waals surface area contributed by atoms with Crippen molar-refractivity contribution in [1.82, 2.24) is 0 Å². The van der Waals surface area contributed by atoms with E-state index in [-0.39, 0.29) is 0 Å². The molecule has 0 aliphatic heterocycles. The molecule has 0 saturated heterocycles. The van der Waals surface area contributed by atoms with Crippen molar-refractivity contribution in [2.75, 3.05) is 7.11 Å². The molecule has 4 nitrogen and oxygen atoms in total. The Labute approximate surface area is 76.4 Å². The van der Waals surface area contributed by atoms with Crippen LogP contribution in [0.1, 0.15) is 0 Å². The molecule has 0 aromatic heterocycles. The molecule has 0 saturated carbocycles. The Morgan fingerprint density at radius 3 is 2.62 bits per heavy atom. The van der Waals surface area contributed by atoms with E-state index in [0.717, 1.165) is 0 Å². The first-order chi connectivity index (χ1) is 6.19. The summed E-state index contributed by atoms with van der Waals surface area (Å²) in [5, 5.41) is 17.7. The molecule has 0 aliphatic rings. The van der Waals surface area contributed by atoms with Crippen molar-refractivity contribution < 1.29 is 14.8 Å². The summed E-state index contributed by atoms with van der Waals surface area (Å²) in [5.74, 6) is 0.348. The van der Waals surface area contributed by atoms with E-state index in [1.807, 2.05) is 0 Å². The van der Waals surface area contributed by atoms with E-state index < -0.39 is 7.12 Å². The Kier molecular flexibility index (Phi) is 2.90. The molecule has 0 heterocycles. The lowest BCUT2D eigenvalue weighted by molar-refractivity contribution is 0.414. The number of ether oxygens (including phenoxy) is 1. The van der Waals surface area contributed by atoms with Crippen LogP contribution >= 0.6 is 0 Å². The number of hydrogen-bond donors (Lipinski definition) is 2. The van der Waals surface area contributed by atoms with E-state index in [0.29, 0.717) is 16.9 Å². The number of hydrogen-bond acceptors (Lipinski definition) is 3. The fourth-order valence-corrected chi connectivity index (χ4v) is 0.947. The fourth-order valence-electron chi connectivity index (χ4n) is 0.947. The van der Waals surface area contributed by atoms with Gasteiger partial charge in [0.25, 0.3) is 0 Å². The summed E-state index contributed by atoms with van der Waals surface area (Å²) in [7, 11) is -0.106. The van der Waals surface area contributed by atoms with Crippen molar-refractivity contribution in [2.45, 2.75) is 0 Å². The first-order valence-electron chi connectivity index (χ1n) is 3.60. The molecule has 0 unspecified atom stereocenters. The highest BCUT2D eigenvalue weighted by atomic mass is 16.5. The molecule has 66 valence electrons. The zero-order chi connectivity index (χ0) is 9.84. The smallest absolute Gasteiger partial charge is 0.488 e. The van der Waals surface area contributed by atoms with Crippen molar-refractivity contribution in [3.8, 4) is 5.75 Å². The molecule has 0 spiro atoms. The maximum absolute atomic E-state index is 8.83. The molecule has 1 aromatic carbocycles. The number of benzene rings is 1. The Balaban J connectivity index is 3.15.